The monoisotopic (exact) mass is 441 g/mol. The molecule has 0 bridgehead atoms. The first-order valence-corrected chi connectivity index (χ1v) is 10.1. The number of aromatic nitrogens is 1. The molecule has 0 radical (unpaired) electrons. The standard InChI is InChI=1S/C20H15ClF3NO3S/c1-10-3-8-14(21)16-17(10)25-19(15(11(2)26)18(16)27)29(28)9-12-4-6-13(7-5-12)20(22,23)24/h3-8H,9H2,1-2H3,(H,25,27). The summed E-state index contributed by atoms with van der Waals surface area (Å²) >= 11 is 6.13. The fourth-order valence-electron chi connectivity index (χ4n) is 2.97. The van der Waals surface area contributed by atoms with Gasteiger partial charge in [-0.2, -0.15) is 13.2 Å². The quantitative estimate of drug-likeness (QED) is 0.578. The number of pyridine rings is 1. The van der Waals surface area contributed by atoms with Gasteiger partial charge >= 0.3 is 6.18 Å². The minimum absolute atomic E-state index is 0.0692. The number of hydrogen-bond donors (Lipinski definition) is 1. The van der Waals surface area contributed by atoms with E-state index in [0.29, 0.717) is 16.6 Å². The van der Waals surface area contributed by atoms with Gasteiger partial charge in [-0.1, -0.05) is 29.8 Å². The Morgan fingerprint density at radius 3 is 2.31 bits per heavy atom. The Morgan fingerprint density at radius 1 is 1.14 bits per heavy atom. The molecule has 1 aromatic heterocycles. The number of Topliss-reactive ketones (excluding diaryl/α,β-unsaturated/α-hetero) is 1. The number of alkyl halides is 3. The van der Waals surface area contributed by atoms with Crippen LogP contribution in [0.2, 0.25) is 5.02 Å². The van der Waals surface area contributed by atoms with E-state index in [9.17, 15) is 27.0 Å². The summed E-state index contributed by atoms with van der Waals surface area (Å²) in [6.07, 6.45) is -4.47. The SMILES string of the molecule is CC(=O)c1c(S(=O)Cc2ccc(C(F)(F)F)cc2)[nH]c2c(C)ccc(Cl)c2c1=O. The van der Waals surface area contributed by atoms with Gasteiger partial charge in [-0.25, -0.2) is 0 Å². The van der Waals surface area contributed by atoms with Crippen LogP contribution in [0.4, 0.5) is 13.2 Å². The van der Waals surface area contributed by atoms with Crippen LogP contribution in [0.5, 0.6) is 0 Å². The molecule has 2 aromatic carbocycles. The number of carbonyl (C=O) groups excluding carboxylic acids is 1. The Morgan fingerprint density at radius 2 is 1.76 bits per heavy atom. The van der Waals surface area contributed by atoms with Crippen LogP contribution in [0.1, 0.15) is 34.0 Å². The summed E-state index contributed by atoms with van der Waals surface area (Å²) in [5.74, 6) is -0.749. The van der Waals surface area contributed by atoms with Crippen molar-refractivity contribution < 1.29 is 22.2 Å². The van der Waals surface area contributed by atoms with Crippen molar-refractivity contribution in [3.05, 3.63) is 73.9 Å². The molecule has 1 atom stereocenters. The highest BCUT2D eigenvalue weighted by molar-refractivity contribution is 7.84. The van der Waals surface area contributed by atoms with Gasteiger partial charge in [0.1, 0.15) is 5.03 Å². The molecule has 0 spiro atoms. The molecule has 9 heteroatoms. The molecule has 1 N–H and O–H groups in total. The molecule has 29 heavy (non-hydrogen) atoms. The number of benzene rings is 2. The smallest absolute Gasteiger partial charge is 0.347 e. The van der Waals surface area contributed by atoms with Crippen molar-refractivity contribution in [3.63, 3.8) is 0 Å². The van der Waals surface area contributed by atoms with Crippen molar-refractivity contribution in [1.29, 1.82) is 0 Å². The number of H-pyrrole nitrogens is 1. The fraction of sp³-hybridized carbons (Fsp3) is 0.200. The van der Waals surface area contributed by atoms with Crippen molar-refractivity contribution in [1.82, 2.24) is 4.98 Å². The van der Waals surface area contributed by atoms with Gasteiger partial charge < -0.3 is 4.98 Å². The predicted octanol–water partition coefficient (Wildman–Crippen LogP) is 5.02. The third kappa shape index (κ3) is 4.13. The molecular formula is C20H15ClF3NO3S. The molecule has 0 amide bonds. The number of halogens is 4. The van der Waals surface area contributed by atoms with Crippen molar-refractivity contribution in [2.75, 3.05) is 0 Å². The van der Waals surface area contributed by atoms with Gasteiger partial charge in [0.2, 0.25) is 5.43 Å². The topological polar surface area (TPSA) is 67.0 Å². The Balaban J connectivity index is 2.10. The maximum Gasteiger partial charge on any atom is 0.416 e. The zero-order valence-corrected chi connectivity index (χ0v) is 16.9. The second-order valence-corrected chi connectivity index (χ2v) is 8.31. The largest absolute Gasteiger partial charge is 0.416 e. The third-order valence-electron chi connectivity index (χ3n) is 4.44. The predicted molar refractivity (Wildman–Crippen MR) is 106 cm³/mol. The fourth-order valence-corrected chi connectivity index (χ4v) is 4.54. The van der Waals surface area contributed by atoms with Crippen LogP contribution in [-0.4, -0.2) is 15.0 Å². The van der Waals surface area contributed by atoms with Gasteiger partial charge in [0.05, 0.1) is 43.6 Å². The molecule has 0 saturated heterocycles. The van der Waals surface area contributed by atoms with Gasteiger partial charge in [-0.15, -0.1) is 0 Å². The van der Waals surface area contributed by atoms with Crippen molar-refractivity contribution in [2.45, 2.75) is 30.8 Å². The molecule has 0 aliphatic rings. The van der Waals surface area contributed by atoms with E-state index in [1.807, 2.05) is 0 Å². The molecule has 3 aromatic rings. The first kappa shape index (κ1) is 21.3. The third-order valence-corrected chi connectivity index (χ3v) is 6.11. The van der Waals surface area contributed by atoms with Gasteiger partial charge in [-0.05, 0) is 43.2 Å². The number of hydrogen-bond acceptors (Lipinski definition) is 3. The number of aryl methyl sites for hydroxylation is 1. The van der Waals surface area contributed by atoms with E-state index in [1.54, 1.807) is 13.0 Å². The van der Waals surface area contributed by atoms with Gasteiger partial charge in [0, 0.05) is 0 Å². The highest BCUT2D eigenvalue weighted by Crippen LogP contribution is 2.30. The highest BCUT2D eigenvalue weighted by Gasteiger charge is 2.30. The second kappa shape index (κ2) is 7.76. The summed E-state index contributed by atoms with van der Waals surface area (Å²) in [6, 6.07) is 7.44. The number of ketones is 1. The summed E-state index contributed by atoms with van der Waals surface area (Å²) in [7, 11) is -1.88. The molecule has 152 valence electrons. The number of carbonyl (C=O) groups is 1. The lowest BCUT2D eigenvalue weighted by atomic mass is 10.1. The molecule has 4 nitrogen and oxygen atoms in total. The lowest BCUT2D eigenvalue weighted by molar-refractivity contribution is -0.137. The summed E-state index contributed by atoms with van der Waals surface area (Å²) < 4.78 is 51.1. The summed E-state index contributed by atoms with van der Waals surface area (Å²) in [6.45, 7) is 2.91. The van der Waals surface area contributed by atoms with Crippen LogP contribution in [-0.2, 0) is 22.7 Å². The molecule has 3 rings (SSSR count). The number of aromatic amines is 1. The van der Waals surface area contributed by atoms with Gasteiger partial charge in [0.15, 0.2) is 5.78 Å². The van der Waals surface area contributed by atoms with Crippen molar-refractivity contribution in [3.8, 4) is 0 Å². The van der Waals surface area contributed by atoms with Crippen LogP contribution in [0.15, 0.2) is 46.2 Å². The minimum atomic E-state index is -4.47. The van der Waals surface area contributed by atoms with Crippen LogP contribution < -0.4 is 5.43 Å². The van der Waals surface area contributed by atoms with E-state index in [1.165, 1.54) is 25.1 Å². The van der Waals surface area contributed by atoms with Gasteiger partial charge in [0.25, 0.3) is 0 Å². The average molecular weight is 442 g/mol. The highest BCUT2D eigenvalue weighted by atomic mass is 35.5. The number of rotatable bonds is 4. The van der Waals surface area contributed by atoms with Gasteiger partial charge in [-0.3, -0.25) is 13.8 Å². The summed E-state index contributed by atoms with van der Waals surface area (Å²) in [4.78, 5) is 27.9. The normalized spacial score (nSPS) is 12.9. The molecule has 0 saturated carbocycles. The lowest BCUT2D eigenvalue weighted by Gasteiger charge is -2.12. The lowest BCUT2D eigenvalue weighted by Crippen LogP contribution is -2.20. The molecule has 0 aliphatic heterocycles. The van der Waals surface area contributed by atoms with Crippen molar-refractivity contribution >= 4 is 39.1 Å². The first-order chi connectivity index (χ1) is 13.5. The van der Waals surface area contributed by atoms with Crippen LogP contribution in [0.3, 0.4) is 0 Å². The van der Waals surface area contributed by atoms with E-state index in [0.717, 1.165) is 12.1 Å². The van der Waals surface area contributed by atoms with Crippen LogP contribution >= 0.6 is 11.6 Å². The van der Waals surface area contributed by atoms with Crippen molar-refractivity contribution in [2.24, 2.45) is 0 Å². The number of fused-ring (bicyclic) bond motifs is 1. The van der Waals surface area contributed by atoms with E-state index in [-0.39, 0.29) is 26.8 Å². The average Bonchev–Trinajstić information content (AvgIpc) is 2.63. The Kier molecular flexibility index (Phi) is 5.69. The second-order valence-electron chi connectivity index (χ2n) is 6.51. The zero-order valence-electron chi connectivity index (χ0n) is 15.3. The molecule has 1 heterocycles. The van der Waals surface area contributed by atoms with E-state index < -0.39 is 33.8 Å². The molecule has 1 unspecified atom stereocenters. The zero-order chi connectivity index (χ0) is 21.5. The summed E-state index contributed by atoms with van der Waals surface area (Å²) in [5, 5.41) is 0.224. The molecule has 0 aliphatic carbocycles. The Hall–Kier alpha value is -2.45. The van der Waals surface area contributed by atoms with E-state index >= 15 is 0 Å². The molecule has 0 fully saturated rings. The number of nitrogens with one attached hydrogen (secondary N) is 1. The molecular weight excluding hydrogens is 427 g/mol. The van der Waals surface area contributed by atoms with Crippen LogP contribution in [0.25, 0.3) is 10.9 Å². The maximum absolute atomic E-state index is 12.9. The maximum atomic E-state index is 12.9. The Labute approximate surface area is 171 Å². The summed E-state index contributed by atoms with van der Waals surface area (Å²) in [5.41, 5.74) is -0.311. The van der Waals surface area contributed by atoms with E-state index in [2.05, 4.69) is 4.98 Å². The Bertz CT molecular complexity index is 1200. The van der Waals surface area contributed by atoms with E-state index in [4.69, 9.17) is 11.6 Å². The minimum Gasteiger partial charge on any atom is -0.347 e. The first-order valence-electron chi connectivity index (χ1n) is 8.41. The van der Waals surface area contributed by atoms with Crippen LogP contribution in [0, 0.1) is 6.92 Å².